The second-order valence-corrected chi connectivity index (χ2v) is 6.03. The number of ketones is 1. The van der Waals surface area contributed by atoms with Crippen LogP contribution >= 0.6 is 11.8 Å². The molecule has 0 aromatic heterocycles. The van der Waals surface area contributed by atoms with Crippen LogP contribution in [-0.2, 0) is 4.79 Å². The average Bonchev–Trinajstić information content (AvgIpc) is 2.02. The number of unbranched alkanes of at least 4 members (excludes halogenated alkanes) is 2. The van der Waals surface area contributed by atoms with Gasteiger partial charge in [-0.25, -0.2) is 0 Å². The fraction of sp³-hybridized carbons (Fsp3) is 0.917. The second-order valence-electron chi connectivity index (χ2n) is 5.05. The van der Waals surface area contributed by atoms with Crippen molar-refractivity contribution in [2.45, 2.75) is 53.4 Å². The highest BCUT2D eigenvalue weighted by Crippen LogP contribution is 2.20. The molecular weight excluding hydrogens is 192 g/mol. The Morgan fingerprint density at radius 3 is 2.36 bits per heavy atom. The first kappa shape index (κ1) is 14.0. The Morgan fingerprint density at radius 2 is 1.86 bits per heavy atom. The molecule has 0 aliphatic carbocycles. The van der Waals surface area contributed by atoms with Crippen LogP contribution in [0.15, 0.2) is 0 Å². The Morgan fingerprint density at radius 1 is 1.21 bits per heavy atom. The van der Waals surface area contributed by atoms with Crippen LogP contribution in [0.4, 0.5) is 0 Å². The number of Topliss-reactive ketones (excluding diaryl/α,β-unsaturated/α-hetero) is 1. The molecule has 0 spiro atoms. The lowest BCUT2D eigenvalue weighted by Gasteiger charge is -2.16. The Labute approximate surface area is 93.0 Å². The van der Waals surface area contributed by atoms with Crippen molar-refractivity contribution in [3.63, 3.8) is 0 Å². The standard InChI is InChI=1S/C12H24OS/c1-5-6-7-8-11(13)9-14-10-12(2,3)4/h5-10H2,1-4H3. The predicted molar refractivity (Wildman–Crippen MR) is 65.9 cm³/mol. The summed E-state index contributed by atoms with van der Waals surface area (Å²) in [5.41, 5.74) is 0.342. The van der Waals surface area contributed by atoms with E-state index in [4.69, 9.17) is 0 Å². The van der Waals surface area contributed by atoms with Crippen LogP contribution in [-0.4, -0.2) is 17.3 Å². The van der Waals surface area contributed by atoms with Crippen LogP contribution in [0, 0.1) is 5.41 Å². The highest BCUT2D eigenvalue weighted by molar-refractivity contribution is 7.99. The highest BCUT2D eigenvalue weighted by Gasteiger charge is 2.11. The van der Waals surface area contributed by atoms with E-state index in [1.807, 2.05) is 0 Å². The minimum absolute atomic E-state index is 0.342. The van der Waals surface area contributed by atoms with Crippen LogP contribution in [0.5, 0.6) is 0 Å². The zero-order valence-electron chi connectivity index (χ0n) is 10.1. The van der Waals surface area contributed by atoms with Crippen molar-refractivity contribution in [3.05, 3.63) is 0 Å². The van der Waals surface area contributed by atoms with E-state index in [9.17, 15) is 4.79 Å². The number of rotatable bonds is 7. The van der Waals surface area contributed by atoms with Crippen LogP contribution in [0.1, 0.15) is 53.4 Å². The summed E-state index contributed by atoms with van der Waals surface area (Å²) in [6, 6.07) is 0. The van der Waals surface area contributed by atoms with E-state index in [-0.39, 0.29) is 0 Å². The zero-order chi connectivity index (χ0) is 11.0. The summed E-state index contributed by atoms with van der Waals surface area (Å²) in [5, 5.41) is 0. The normalized spacial score (nSPS) is 11.7. The summed E-state index contributed by atoms with van der Waals surface area (Å²) in [6.07, 6.45) is 4.24. The molecule has 14 heavy (non-hydrogen) atoms. The van der Waals surface area contributed by atoms with Crippen molar-refractivity contribution in [2.24, 2.45) is 5.41 Å². The molecular formula is C12H24OS. The molecule has 1 nitrogen and oxygen atoms in total. The minimum atomic E-state index is 0.342. The van der Waals surface area contributed by atoms with Gasteiger partial charge in [-0.15, -0.1) is 0 Å². The molecule has 2 heteroatoms. The first-order chi connectivity index (χ1) is 6.45. The fourth-order valence-corrected chi connectivity index (χ4v) is 2.20. The SMILES string of the molecule is CCCCCC(=O)CSCC(C)(C)C. The van der Waals surface area contributed by atoms with Gasteiger partial charge in [0.05, 0.1) is 5.75 Å². The van der Waals surface area contributed by atoms with Crippen molar-refractivity contribution in [2.75, 3.05) is 11.5 Å². The molecule has 0 fully saturated rings. The molecule has 0 aromatic rings. The van der Waals surface area contributed by atoms with Crippen LogP contribution in [0.25, 0.3) is 0 Å². The first-order valence-electron chi connectivity index (χ1n) is 5.55. The maximum Gasteiger partial charge on any atom is 0.142 e. The Kier molecular flexibility index (Phi) is 7.34. The number of thioether (sulfide) groups is 1. The van der Waals surface area contributed by atoms with Gasteiger partial charge in [-0.3, -0.25) is 4.79 Å². The van der Waals surface area contributed by atoms with Gasteiger partial charge in [0, 0.05) is 6.42 Å². The van der Waals surface area contributed by atoms with E-state index >= 15 is 0 Å². The van der Waals surface area contributed by atoms with Crippen LogP contribution in [0.2, 0.25) is 0 Å². The summed E-state index contributed by atoms with van der Waals surface area (Å²) in [5.74, 6) is 2.21. The third-order valence-electron chi connectivity index (χ3n) is 1.86. The average molecular weight is 216 g/mol. The van der Waals surface area contributed by atoms with Gasteiger partial charge >= 0.3 is 0 Å². The number of carbonyl (C=O) groups excluding carboxylic acids is 1. The van der Waals surface area contributed by atoms with E-state index in [1.54, 1.807) is 11.8 Å². The molecule has 0 atom stereocenters. The quantitative estimate of drug-likeness (QED) is 0.600. The van der Waals surface area contributed by atoms with Gasteiger partial charge in [-0.05, 0) is 17.6 Å². The Hall–Kier alpha value is 0.0200. The van der Waals surface area contributed by atoms with Crippen LogP contribution < -0.4 is 0 Å². The van der Waals surface area contributed by atoms with E-state index in [2.05, 4.69) is 27.7 Å². The van der Waals surface area contributed by atoms with E-state index in [0.717, 1.165) is 18.6 Å². The molecule has 0 bridgehead atoms. The van der Waals surface area contributed by atoms with Gasteiger partial charge in [0.1, 0.15) is 5.78 Å². The number of carbonyl (C=O) groups is 1. The lowest BCUT2D eigenvalue weighted by atomic mass is 10.0. The van der Waals surface area contributed by atoms with E-state index in [0.29, 0.717) is 17.0 Å². The van der Waals surface area contributed by atoms with E-state index in [1.165, 1.54) is 12.8 Å². The summed E-state index contributed by atoms with van der Waals surface area (Å²) in [6.45, 7) is 8.80. The highest BCUT2D eigenvalue weighted by atomic mass is 32.2. The lowest BCUT2D eigenvalue weighted by molar-refractivity contribution is -0.116. The summed E-state index contributed by atoms with van der Waals surface area (Å²) in [4.78, 5) is 11.4. The molecule has 0 unspecified atom stereocenters. The number of hydrogen-bond donors (Lipinski definition) is 0. The molecule has 0 aliphatic rings. The van der Waals surface area contributed by atoms with Gasteiger partial charge in [0.25, 0.3) is 0 Å². The molecule has 0 heterocycles. The minimum Gasteiger partial charge on any atom is -0.299 e. The molecule has 0 saturated heterocycles. The molecule has 0 rings (SSSR count). The van der Waals surface area contributed by atoms with Crippen molar-refractivity contribution < 1.29 is 4.79 Å². The van der Waals surface area contributed by atoms with Gasteiger partial charge < -0.3 is 0 Å². The second kappa shape index (κ2) is 7.33. The molecule has 0 amide bonds. The summed E-state index contributed by atoms with van der Waals surface area (Å²) >= 11 is 1.78. The van der Waals surface area contributed by atoms with Gasteiger partial charge in [0.15, 0.2) is 0 Å². The molecule has 84 valence electrons. The maximum absolute atomic E-state index is 11.4. The van der Waals surface area contributed by atoms with E-state index < -0.39 is 0 Å². The van der Waals surface area contributed by atoms with Crippen molar-refractivity contribution in [1.82, 2.24) is 0 Å². The molecule has 0 aliphatic heterocycles. The van der Waals surface area contributed by atoms with Gasteiger partial charge in [0.2, 0.25) is 0 Å². The van der Waals surface area contributed by atoms with Crippen molar-refractivity contribution in [1.29, 1.82) is 0 Å². The third kappa shape index (κ3) is 10.1. The smallest absolute Gasteiger partial charge is 0.142 e. The van der Waals surface area contributed by atoms with Crippen molar-refractivity contribution in [3.8, 4) is 0 Å². The number of hydrogen-bond acceptors (Lipinski definition) is 2. The lowest BCUT2D eigenvalue weighted by Crippen LogP contribution is -2.11. The maximum atomic E-state index is 11.4. The molecule has 0 aromatic carbocycles. The third-order valence-corrected chi connectivity index (χ3v) is 3.45. The fourth-order valence-electron chi connectivity index (χ4n) is 1.12. The molecule has 0 radical (unpaired) electrons. The summed E-state index contributed by atoms with van der Waals surface area (Å²) < 4.78 is 0. The van der Waals surface area contributed by atoms with Crippen molar-refractivity contribution >= 4 is 17.5 Å². The Bertz CT molecular complexity index is 158. The largest absolute Gasteiger partial charge is 0.299 e. The van der Waals surface area contributed by atoms with Gasteiger partial charge in [-0.1, -0.05) is 40.5 Å². The molecule has 0 N–H and O–H groups in total. The summed E-state index contributed by atoms with van der Waals surface area (Å²) in [7, 11) is 0. The topological polar surface area (TPSA) is 17.1 Å². The zero-order valence-corrected chi connectivity index (χ0v) is 10.9. The first-order valence-corrected chi connectivity index (χ1v) is 6.70. The van der Waals surface area contributed by atoms with Crippen LogP contribution in [0.3, 0.4) is 0 Å². The molecule has 0 saturated carbocycles. The monoisotopic (exact) mass is 216 g/mol. The Balaban J connectivity index is 3.36. The van der Waals surface area contributed by atoms with Gasteiger partial charge in [-0.2, -0.15) is 11.8 Å². The predicted octanol–water partition coefficient (Wildman–Crippen LogP) is 3.92.